The summed E-state index contributed by atoms with van der Waals surface area (Å²) in [6.07, 6.45) is -5.31. The van der Waals surface area contributed by atoms with Crippen molar-refractivity contribution in [1.82, 2.24) is 0 Å². The van der Waals surface area contributed by atoms with Gasteiger partial charge in [-0.3, -0.25) is 9.59 Å². The van der Waals surface area contributed by atoms with Gasteiger partial charge in [0.25, 0.3) is 0 Å². The summed E-state index contributed by atoms with van der Waals surface area (Å²) in [5.41, 5.74) is 1.40. The predicted octanol–water partition coefficient (Wildman–Crippen LogP) is 1.88. The van der Waals surface area contributed by atoms with Gasteiger partial charge in [0.1, 0.15) is 35.9 Å². The van der Waals surface area contributed by atoms with Gasteiger partial charge in [-0.2, -0.15) is 0 Å². The first-order chi connectivity index (χ1) is 18.4. The van der Waals surface area contributed by atoms with Crippen LogP contribution in [0.2, 0.25) is 0 Å². The molecule has 1 saturated heterocycles. The Labute approximate surface area is 226 Å². The van der Waals surface area contributed by atoms with Gasteiger partial charge in [-0.05, 0) is 29.0 Å². The SMILES string of the molecule is COc1cc(C2C3=C(CC(C)CC3=O)OC3=C2C(=O)CC(C)(C)C3)ccc1OC1OC(CO)C(O)C(O)C1O. The number of Topliss-reactive ketones (excluding diaryl/α,β-unsaturated/α-hetero) is 2. The number of ketones is 2. The quantitative estimate of drug-likeness (QED) is 0.432. The van der Waals surface area contributed by atoms with Crippen LogP contribution in [-0.4, -0.2) is 76.4 Å². The fourth-order valence-corrected chi connectivity index (χ4v) is 6.07. The van der Waals surface area contributed by atoms with Gasteiger partial charge >= 0.3 is 0 Å². The number of aliphatic hydroxyl groups is 4. The molecule has 2 heterocycles. The van der Waals surface area contributed by atoms with E-state index in [0.717, 1.165) is 0 Å². The standard InChI is InChI=1S/C29H36O10/c1-13-7-15(31)23-19(8-13)37-20-11-29(2,3)10-16(32)24(20)22(23)14-5-6-17(18(9-14)36-4)38-28-27(35)26(34)25(33)21(12-30)39-28/h5-6,9,13,21-22,25-28,30,33-35H,7-8,10-12H2,1-4H3. The predicted molar refractivity (Wildman–Crippen MR) is 137 cm³/mol. The Hall–Kier alpha value is -2.76. The number of hydrogen-bond donors (Lipinski definition) is 4. The van der Waals surface area contributed by atoms with E-state index in [0.29, 0.717) is 53.9 Å². The summed E-state index contributed by atoms with van der Waals surface area (Å²) in [6, 6.07) is 4.99. The van der Waals surface area contributed by atoms with Crippen LogP contribution in [0.5, 0.6) is 11.5 Å². The minimum absolute atomic E-state index is 0.0430. The summed E-state index contributed by atoms with van der Waals surface area (Å²) >= 11 is 0. The van der Waals surface area contributed by atoms with Crippen LogP contribution in [0, 0.1) is 11.3 Å². The number of aliphatic hydroxyl groups excluding tert-OH is 4. The minimum atomic E-state index is -1.59. The lowest BCUT2D eigenvalue weighted by Gasteiger charge is -2.41. The molecule has 1 fully saturated rings. The van der Waals surface area contributed by atoms with Crippen molar-refractivity contribution < 1.29 is 49.0 Å². The third kappa shape index (κ3) is 5.00. The van der Waals surface area contributed by atoms with Gasteiger partial charge in [-0.25, -0.2) is 0 Å². The van der Waals surface area contributed by atoms with E-state index in [1.54, 1.807) is 18.2 Å². The number of carbonyl (C=O) groups excluding carboxylic acids is 2. The first-order valence-electron chi connectivity index (χ1n) is 13.3. The highest BCUT2D eigenvalue weighted by molar-refractivity contribution is 6.06. The molecule has 7 unspecified atom stereocenters. The van der Waals surface area contributed by atoms with Crippen molar-refractivity contribution in [3.05, 3.63) is 46.4 Å². The highest BCUT2D eigenvalue weighted by Crippen LogP contribution is 2.52. The molecule has 1 aromatic rings. The van der Waals surface area contributed by atoms with E-state index < -0.39 is 43.2 Å². The molecule has 10 heteroatoms. The van der Waals surface area contributed by atoms with E-state index in [1.807, 2.05) is 20.8 Å². The highest BCUT2D eigenvalue weighted by Gasteiger charge is 2.47. The Morgan fingerprint density at radius 2 is 1.67 bits per heavy atom. The van der Waals surface area contributed by atoms with Crippen molar-refractivity contribution >= 4 is 11.6 Å². The zero-order valence-corrected chi connectivity index (χ0v) is 22.5. The van der Waals surface area contributed by atoms with E-state index in [4.69, 9.17) is 18.9 Å². The van der Waals surface area contributed by atoms with Gasteiger partial charge in [0, 0.05) is 42.7 Å². The number of benzene rings is 1. The second-order valence-corrected chi connectivity index (χ2v) is 11.8. The molecule has 0 bridgehead atoms. The minimum Gasteiger partial charge on any atom is -0.493 e. The number of ether oxygens (including phenoxy) is 4. The third-order valence-electron chi connectivity index (χ3n) is 7.98. The zero-order valence-electron chi connectivity index (χ0n) is 22.5. The summed E-state index contributed by atoms with van der Waals surface area (Å²) in [6.45, 7) is 5.48. The summed E-state index contributed by atoms with van der Waals surface area (Å²) in [7, 11) is 1.43. The fraction of sp³-hybridized carbons (Fsp3) is 0.586. The van der Waals surface area contributed by atoms with Crippen LogP contribution in [0.3, 0.4) is 0 Å². The first kappa shape index (κ1) is 27.8. The number of allylic oxidation sites excluding steroid dienone is 4. The average molecular weight is 545 g/mol. The second kappa shape index (κ2) is 10.3. The molecule has 0 amide bonds. The number of hydrogen-bond acceptors (Lipinski definition) is 10. The van der Waals surface area contributed by atoms with Crippen molar-refractivity contribution in [2.75, 3.05) is 13.7 Å². The molecule has 5 rings (SSSR count). The highest BCUT2D eigenvalue weighted by atomic mass is 16.7. The first-order valence-corrected chi connectivity index (χ1v) is 13.3. The van der Waals surface area contributed by atoms with E-state index >= 15 is 0 Å². The molecule has 0 spiro atoms. The molecule has 4 N–H and O–H groups in total. The summed E-state index contributed by atoms with van der Waals surface area (Å²) in [5, 5.41) is 40.1. The largest absolute Gasteiger partial charge is 0.493 e. The van der Waals surface area contributed by atoms with Crippen LogP contribution in [0.15, 0.2) is 40.9 Å². The topological polar surface area (TPSA) is 152 Å². The number of methoxy groups -OCH3 is 1. The molecular formula is C29H36O10. The van der Waals surface area contributed by atoms with Gasteiger partial charge in [0.05, 0.1) is 13.7 Å². The van der Waals surface area contributed by atoms with Crippen LogP contribution in [0.25, 0.3) is 0 Å². The van der Waals surface area contributed by atoms with Crippen LogP contribution >= 0.6 is 0 Å². The molecule has 2 aliphatic heterocycles. The van der Waals surface area contributed by atoms with Crippen LogP contribution in [-0.2, 0) is 19.1 Å². The van der Waals surface area contributed by atoms with E-state index in [-0.39, 0.29) is 34.4 Å². The Morgan fingerprint density at radius 3 is 2.36 bits per heavy atom. The van der Waals surface area contributed by atoms with Gasteiger partial charge in [-0.1, -0.05) is 26.8 Å². The third-order valence-corrected chi connectivity index (χ3v) is 7.98. The number of rotatable bonds is 5. The zero-order chi connectivity index (χ0) is 28.2. The van der Waals surface area contributed by atoms with E-state index in [1.165, 1.54) is 7.11 Å². The molecule has 10 nitrogen and oxygen atoms in total. The molecule has 0 radical (unpaired) electrons. The Balaban J connectivity index is 1.53. The molecule has 212 valence electrons. The van der Waals surface area contributed by atoms with Crippen molar-refractivity contribution in [3.63, 3.8) is 0 Å². The molecule has 2 aliphatic carbocycles. The van der Waals surface area contributed by atoms with Crippen molar-refractivity contribution in [1.29, 1.82) is 0 Å². The summed E-state index contributed by atoms with van der Waals surface area (Å²) in [5.74, 6) is 1.08. The van der Waals surface area contributed by atoms with E-state index in [2.05, 4.69) is 0 Å². The van der Waals surface area contributed by atoms with Crippen molar-refractivity contribution in [2.45, 2.75) is 83.1 Å². The summed E-state index contributed by atoms with van der Waals surface area (Å²) in [4.78, 5) is 26.8. The molecule has 7 atom stereocenters. The summed E-state index contributed by atoms with van der Waals surface area (Å²) < 4.78 is 23.1. The fourth-order valence-electron chi connectivity index (χ4n) is 6.07. The van der Waals surface area contributed by atoms with Gasteiger partial charge in [0.15, 0.2) is 23.1 Å². The molecule has 39 heavy (non-hydrogen) atoms. The van der Waals surface area contributed by atoms with Crippen LogP contribution in [0.4, 0.5) is 0 Å². The Kier molecular flexibility index (Phi) is 7.36. The van der Waals surface area contributed by atoms with Gasteiger partial charge in [-0.15, -0.1) is 0 Å². The van der Waals surface area contributed by atoms with Crippen molar-refractivity contribution in [3.8, 4) is 11.5 Å². The average Bonchev–Trinajstić information content (AvgIpc) is 2.87. The maximum Gasteiger partial charge on any atom is 0.229 e. The molecule has 1 aromatic carbocycles. The van der Waals surface area contributed by atoms with Gasteiger partial charge in [0.2, 0.25) is 6.29 Å². The Morgan fingerprint density at radius 1 is 0.949 bits per heavy atom. The van der Waals surface area contributed by atoms with Crippen LogP contribution < -0.4 is 9.47 Å². The van der Waals surface area contributed by atoms with Crippen molar-refractivity contribution in [2.24, 2.45) is 11.3 Å². The van der Waals surface area contributed by atoms with Gasteiger partial charge < -0.3 is 39.4 Å². The maximum absolute atomic E-state index is 13.5. The van der Waals surface area contributed by atoms with E-state index in [9.17, 15) is 30.0 Å². The smallest absolute Gasteiger partial charge is 0.229 e. The maximum atomic E-state index is 13.5. The monoisotopic (exact) mass is 544 g/mol. The second-order valence-electron chi connectivity index (χ2n) is 11.8. The van der Waals surface area contributed by atoms with Crippen LogP contribution in [0.1, 0.15) is 57.9 Å². The lowest BCUT2D eigenvalue weighted by Crippen LogP contribution is -2.60. The lowest BCUT2D eigenvalue weighted by atomic mass is 9.67. The normalized spacial score (nSPS) is 34.3. The molecule has 0 aromatic heterocycles. The number of carbonyl (C=O) groups is 2. The molecule has 0 saturated carbocycles. The molecular weight excluding hydrogens is 508 g/mol. The lowest BCUT2D eigenvalue weighted by molar-refractivity contribution is -0.277. The molecule has 4 aliphatic rings. The Bertz CT molecular complexity index is 1230.